The molecule has 0 aromatic carbocycles. The number of alkyl halides is 1. The molecule has 16 heavy (non-hydrogen) atoms. The summed E-state index contributed by atoms with van der Waals surface area (Å²) in [5.74, 6) is 0. The molecule has 92 valence electrons. The summed E-state index contributed by atoms with van der Waals surface area (Å²) in [6.07, 6.45) is 1.80. The molecule has 1 atom stereocenters. The Balaban J connectivity index is 2.68. The third kappa shape index (κ3) is 3.14. The highest BCUT2D eigenvalue weighted by Gasteiger charge is 2.23. The minimum absolute atomic E-state index is 0.127. The summed E-state index contributed by atoms with van der Waals surface area (Å²) in [5.41, 5.74) is 2.09. The molecule has 0 aliphatic heterocycles. The summed E-state index contributed by atoms with van der Waals surface area (Å²) >= 11 is 12.5. The Labute approximate surface area is 108 Å². The maximum absolute atomic E-state index is 6.35. The van der Waals surface area contributed by atoms with Gasteiger partial charge in [0.15, 0.2) is 0 Å². The highest BCUT2D eigenvalue weighted by molar-refractivity contribution is 6.31. The van der Waals surface area contributed by atoms with Crippen LogP contribution in [-0.2, 0) is 13.5 Å². The monoisotopic (exact) mass is 262 g/mol. The van der Waals surface area contributed by atoms with E-state index in [2.05, 4.69) is 25.9 Å². The van der Waals surface area contributed by atoms with Crippen LogP contribution in [0.15, 0.2) is 0 Å². The number of rotatable bonds is 3. The Morgan fingerprint density at radius 3 is 2.31 bits per heavy atom. The largest absolute Gasteiger partial charge is 0.271 e. The van der Waals surface area contributed by atoms with Gasteiger partial charge in [0.1, 0.15) is 0 Å². The molecule has 1 aromatic heterocycles. The highest BCUT2D eigenvalue weighted by atomic mass is 35.5. The van der Waals surface area contributed by atoms with Gasteiger partial charge in [-0.15, -0.1) is 11.6 Å². The van der Waals surface area contributed by atoms with Crippen molar-refractivity contribution >= 4 is 23.2 Å². The third-order valence-corrected chi connectivity index (χ3v) is 4.20. The molecule has 1 rings (SSSR count). The molecule has 0 amide bonds. The van der Waals surface area contributed by atoms with Gasteiger partial charge in [0, 0.05) is 12.4 Å². The van der Waals surface area contributed by atoms with Gasteiger partial charge in [0.05, 0.1) is 16.4 Å². The van der Waals surface area contributed by atoms with Crippen molar-refractivity contribution in [3.05, 3.63) is 16.4 Å². The molecule has 1 heterocycles. The number of halogens is 2. The lowest BCUT2D eigenvalue weighted by molar-refractivity contribution is 0.372. The van der Waals surface area contributed by atoms with Gasteiger partial charge >= 0.3 is 0 Å². The van der Waals surface area contributed by atoms with Crippen molar-refractivity contribution in [3.8, 4) is 0 Å². The first kappa shape index (κ1) is 13.9. The van der Waals surface area contributed by atoms with Crippen LogP contribution in [0, 0.1) is 12.3 Å². The first-order valence-corrected chi connectivity index (χ1v) is 6.37. The fourth-order valence-corrected chi connectivity index (χ4v) is 2.01. The zero-order chi connectivity index (χ0) is 12.5. The van der Waals surface area contributed by atoms with E-state index >= 15 is 0 Å². The molecule has 2 nitrogen and oxygen atoms in total. The van der Waals surface area contributed by atoms with Crippen LogP contribution in [0.5, 0.6) is 0 Å². The van der Waals surface area contributed by atoms with Crippen molar-refractivity contribution in [3.63, 3.8) is 0 Å². The van der Waals surface area contributed by atoms with Crippen LogP contribution in [0.25, 0.3) is 0 Å². The molecule has 0 fully saturated rings. The normalized spacial score (nSPS) is 14.2. The van der Waals surface area contributed by atoms with Crippen LogP contribution < -0.4 is 0 Å². The van der Waals surface area contributed by atoms with Crippen LogP contribution in [0.2, 0.25) is 5.02 Å². The fourth-order valence-electron chi connectivity index (χ4n) is 1.65. The quantitative estimate of drug-likeness (QED) is 0.754. The predicted octanol–water partition coefficient (Wildman–Crippen LogP) is 3.97. The van der Waals surface area contributed by atoms with E-state index in [0.717, 1.165) is 29.3 Å². The lowest BCUT2D eigenvalue weighted by Gasteiger charge is -2.25. The van der Waals surface area contributed by atoms with Crippen LogP contribution in [0.1, 0.15) is 38.6 Å². The smallest absolute Gasteiger partial charge is 0.0846 e. The maximum Gasteiger partial charge on any atom is 0.0846 e. The standard InChI is InChI=1S/C12H20Cl2N2/c1-8-11(14)9(16(5)15-8)6-7-10(13)12(2,3)4/h10H,6-7H2,1-5H3. The van der Waals surface area contributed by atoms with Crippen LogP contribution in [0.4, 0.5) is 0 Å². The highest BCUT2D eigenvalue weighted by Crippen LogP contribution is 2.29. The van der Waals surface area contributed by atoms with E-state index in [4.69, 9.17) is 23.2 Å². The van der Waals surface area contributed by atoms with Crippen molar-refractivity contribution in [2.45, 2.75) is 45.9 Å². The summed E-state index contributed by atoms with van der Waals surface area (Å²) in [6, 6.07) is 0. The van der Waals surface area contributed by atoms with Gasteiger partial charge in [0.25, 0.3) is 0 Å². The summed E-state index contributed by atoms with van der Waals surface area (Å²) < 4.78 is 1.85. The lowest BCUT2D eigenvalue weighted by Crippen LogP contribution is -2.21. The SMILES string of the molecule is Cc1nn(C)c(CCC(Cl)C(C)(C)C)c1Cl. The van der Waals surface area contributed by atoms with E-state index in [1.807, 2.05) is 18.7 Å². The number of hydrogen-bond acceptors (Lipinski definition) is 1. The van der Waals surface area contributed by atoms with E-state index < -0.39 is 0 Å². The summed E-state index contributed by atoms with van der Waals surface area (Å²) in [6.45, 7) is 8.38. The van der Waals surface area contributed by atoms with Crippen molar-refractivity contribution in [2.75, 3.05) is 0 Å². The summed E-state index contributed by atoms with van der Waals surface area (Å²) in [5, 5.41) is 5.22. The molecule has 1 unspecified atom stereocenters. The van der Waals surface area contributed by atoms with E-state index in [9.17, 15) is 0 Å². The second-order valence-electron chi connectivity index (χ2n) is 5.34. The first-order chi connectivity index (χ1) is 7.23. The van der Waals surface area contributed by atoms with Crippen LogP contribution >= 0.6 is 23.2 Å². The molecule has 0 saturated heterocycles. The lowest BCUT2D eigenvalue weighted by atomic mass is 9.89. The second-order valence-corrected chi connectivity index (χ2v) is 6.25. The maximum atomic E-state index is 6.35. The van der Waals surface area contributed by atoms with Crippen molar-refractivity contribution < 1.29 is 0 Å². The molecule has 0 saturated carbocycles. The Morgan fingerprint density at radius 2 is 1.94 bits per heavy atom. The van der Waals surface area contributed by atoms with Crippen molar-refractivity contribution in [2.24, 2.45) is 12.5 Å². The van der Waals surface area contributed by atoms with Gasteiger partial charge in [0.2, 0.25) is 0 Å². The number of aromatic nitrogens is 2. The third-order valence-electron chi connectivity index (χ3n) is 2.84. The van der Waals surface area contributed by atoms with E-state index in [1.165, 1.54) is 0 Å². The Kier molecular flexibility index (Phi) is 4.30. The van der Waals surface area contributed by atoms with Gasteiger partial charge in [-0.25, -0.2) is 0 Å². The molecule has 0 N–H and O–H groups in total. The average Bonchev–Trinajstić information content (AvgIpc) is 2.37. The molecule has 4 heteroatoms. The summed E-state index contributed by atoms with van der Waals surface area (Å²) in [7, 11) is 1.93. The number of aryl methyl sites for hydroxylation is 2. The van der Waals surface area contributed by atoms with E-state index in [0.29, 0.717) is 0 Å². The minimum Gasteiger partial charge on any atom is -0.271 e. The van der Waals surface area contributed by atoms with Crippen molar-refractivity contribution in [1.29, 1.82) is 0 Å². The zero-order valence-corrected chi connectivity index (χ0v) is 12.2. The van der Waals surface area contributed by atoms with Crippen molar-refractivity contribution in [1.82, 2.24) is 9.78 Å². The van der Waals surface area contributed by atoms with Gasteiger partial charge in [-0.05, 0) is 25.2 Å². The molecular weight excluding hydrogens is 243 g/mol. The van der Waals surface area contributed by atoms with Gasteiger partial charge in [-0.2, -0.15) is 5.10 Å². The molecule has 0 radical (unpaired) electrons. The molecule has 0 bridgehead atoms. The molecule has 0 spiro atoms. The van der Waals surface area contributed by atoms with Gasteiger partial charge in [-0.1, -0.05) is 32.4 Å². The predicted molar refractivity (Wildman–Crippen MR) is 70.4 cm³/mol. The molecule has 1 aromatic rings. The molecule has 0 aliphatic rings. The van der Waals surface area contributed by atoms with Crippen LogP contribution in [0.3, 0.4) is 0 Å². The summed E-state index contributed by atoms with van der Waals surface area (Å²) in [4.78, 5) is 0. The Morgan fingerprint density at radius 1 is 1.38 bits per heavy atom. The second kappa shape index (κ2) is 4.97. The average molecular weight is 263 g/mol. The topological polar surface area (TPSA) is 17.8 Å². The molecule has 0 aliphatic carbocycles. The number of nitrogens with zero attached hydrogens (tertiary/aromatic N) is 2. The Hall–Kier alpha value is -0.210. The number of hydrogen-bond donors (Lipinski definition) is 0. The van der Waals surface area contributed by atoms with Gasteiger partial charge in [-0.3, -0.25) is 4.68 Å². The van der Waals surface area contributed by atoms with Crippen LogP contribution in [-0.4, -0.2) is 15.2 Å². The minimum atomic E-state index is 0.127. The molecular formula is C12H20Cl2N2. The van der Waals surface area contributed by atoms with Gasteiger partial charge < -0.3 is 0 Å². The fraction of sp³-hybridized carbons (Fsp3) is 0.750. The Bertz CT molecular complexity index is 364. The first-order valence-electron chi connectivity index (χ1n) is 5.55. The zero-order valence-electron chi connectivity index (χ0n) is 10.6. The van der Waals surface area contributed by atoms with E-state index in [-0.39, 0.29) is 10.8 Å². The van der Waals surface area contributed by atoms with E-state index in [1.54, 1.807) is 0 Å².